The molecule has 0 saturated carbocycles. The molecule has 3 aromatic rings. The molecule has 0 spiro atoms. The molecule has 6 heteroatoms. The highest BCUT2D eigenvalue weighted by molar-refractivity contribution is 9.10. The third-order valence-electron chi connectivity index (χ3n) is 3.02. The monoisotopic (exact) mass is 379 g/mol. The molecule has 0 amide bonds. The van der Waals surface area contributed by atoms with Crippen molar-refractivity contribution in [2.45, 2.75) is 6.04 Å². The lowest BCUT2D eigenvalue weighted by atomic mass is 10.1. The van der Waals surface area contributed by atoms with E-state index in [0.717, 1.165) is 25.6 Å². The van der Waals surface area contributed by atoms with Crippen LogP contribution in [0.2, 0.25) is 5.02 Å². The van der Waals surface area contributed by atoms with E-state index in [1.54, 1.807) is 0 Å². The summed E-state index contributed by atoms with van der Waals surface area (Å²) in [6.07, 6.45) is 0. The molecule has 0 aliphatic carbocycles. The molecule has 1 atom stereocenters. The van der Waals surface area contributed by atoms with Gasteiger partial charge in [0.15, 0.2) is 0 Å². The van der Waals surface area contributed by atoms with E-state index in [1.165, 1.54) is 11.3 Å². The lowest BCUT2D eigenvalue weighted by molar-refractivity contribution is 0.831. The van der Waals surface area contributed by atoms with Crippen LogP contribution in [0.25, 0.3) is 10.6 Å². The molecule has 3 nitrogen and oxygen atoms in total. The van der Waals surface area contributed by atoms with Crippen LogP contribution in [0.1, 0.15) is 16.6 Å². The zero-order valence-electron chi connectivity index (χ0n) is 10.8. The average molecular weight is 381 g/mol. The van der Waals surface area contributed by atoms with Crippen LogP contribution in [-0.4, -0.2) is 10.2 Å². The maximum Gasteiger partial charge on any atom is 0.149 e. The quantitative estimate of drug-likeness (QED) is 0.718. The first-order valence-corrected chi connectivity index (χ1v) is 8.23. The zero-order valence-corrected chi connectivity index (χ0v) is 14.0. The number of hydrogen-bond acceptors (Lipinski definition) is 4. The fraction of sp³-hybridized carbons (Fsp3) is 0.0667. The fourth-order valence-electron chi connectivity index (χ4n) is 1.93. The van der Waals surface area contributed by atoms with Crippen molar-refractivity contribution >= 4 is 38.9 Å². The van der Waals surface area contributed by atoms with E-state index in [-0.39, 0.29) is 6.04 Å². The molecule has 21 heavy (non-hydrogen) atoms. The van der Waals surface area contributed by atoms with Crippen molar-refractivity contribution in [2.75, 3.05) is 0 Å². The Morgan fingerprint density at radius 1 is 1.10 bits per heavy atom. The van der Waals surface area contributed by atoms with Crippen molar-refractivity contribution in [2.24, 2.45) is 5.73 Å². The van der Waals surface area contributed by atoms with Gasteiger partial charge in [-0.15, -0.1) is 10.2 Å². The average Bonchev–Trinajstić information content (AvgIpc) is 2.99. The first-order valence-electron chi connectivity index (χ1n) is 6.24. The van der Waals surface area contributed by atoms with Crippen molar-refractivity contribution in [3.8, 4) is 10.6 Å². The van der Waals surface area contributed by atoms with Crippen LogP contribution < -0.4 is 5.73 Å². The SMILES string of the molecule is NC(c1ccccc1)c1nnc(-c2cc(Br)ccc2Cl)s1. The molecule has 0 aliphatic heterocycles. The van der Waals surface area contributed by atoms with Gasteiger partial charge in [0.25, 0.3) is 0 Å². The number of nitrogens with two attached hydrogens (primary N) is 1. The molecular formula is C15H11BrClN3S. The topological polar surface area (TPSA) is 51.8 Å². The summed E-state index contributed by atoms with van der Waals surface area (Å²) in [5.74, 6) is 0. The minimum Gasteiger partial charge on any atom is -0.318 e. The molecule has 0 saturated heterocycles. The van der Waals surface area contributed by atoms with Crippen LogP contribution in [0.3, 0.4) is 0 Å². The second-order valence-corrected chi connectivity index (χ2v) is 6.79. The number of nitrogens with zero attached hydrogens (tertiary/aromatic N) is 2. The van der Waals surface area contributed by atoms with Gasteiger partial charge in [0.2, 0.25) is 0 Å². The summed E-state index contributed by atoms with van der Waals surface area (Å²) < 4.78 is 0.950. The lowest BCUT2D eigenvalue weighted by Crippen LogP contribution is -2.11. The molecule has 1 heterocycles. The van der Waals surface area contributed by atoms with Gasteiger partial charge in [0.05, 0.1) is 11.1 Å². The van der Waals surface area contributed by atoms with E-state index in [2.05, 4.69) is 26.1 Å². The fourth-order valence-corrected chi connectivity index (χ4v) is 3.46. The smallest absolute Gasteiger partial charge is 0.149 e. The van der Waals surface area contributed by atoms with Gasteiger partial charge in [-0.25, -0.2) is 0 Å². The highest BCUT2D eigenvalue weighted by Gasteiger charge is 2.16. The Kier molecular flexibility index (Phi) is 4.35. The molecule has 3 rings (SSSR count). The third-order valence-corrected chi connectivity index (χ3v) is 4.89. The number of aromatic nitrogens is 2. The van der Waals surface area contributed by atoms with E-state index in [0.29, 0.717) is 5.02 Å². The van der Waals surface area contributed by atoms with Gasteiger partial charge in [0.1, 0.15) is 10.0 Å². The minimum atomic E-state index is -0.275. The summed E-state index contributed by atoms with van der Waals surface area (Å²) in [5.41, 5.74) is 8.11. The Labute approximate surface area is 139 Å². The molecule has 1 unspecified atom stereocenters. The molecular weight excluding hydrogens is 370 g/mol. The largest absolute Gasteiger partial charge is 0.318 e. The van der Waals surface area contributed by atoms with E-state index >= 15 is 0 Å². The maximum absolute atomic E-state index is 6.24. The first kappa shape index (κ1) is 14.7. The number of halogens is 2. The van der Waals surface area contributed by atoms with Crippen molar-refractivity contribution < 1.29 is 0 Å². The maximum atomic E-state index is 6.24. The van der Waals surface area contributed by atoms with E-state index in [4.69, 9.17) is 17.3 Å². The van der Waals surface area contributed by atoms with Gasteiger partial charge in [-0.3, -0.25) is 0 Å². The van der Waals surface area contributed by atoms with Gasteiger partial charge >= 0.3 is 0 Å². The van der Waals surface area contributed by atoms with Gasteiger partial charge < -0.3 is 5.73 Å². The van der Waals surface area contributed by atoms with Crippen LogP contribution in [0.5, 0.6) is 0 Å². The molecule has 0 aliphatic rings. The predicted molar refractivity (Wildman–Crippen MR) is 90.5 cm³/mol. The Hall–Kier alpha value is -1.27. The highest BCUT2D eigenvalue weighted by Crippen LogP contribution is 2.34. The highest BCUT2D eigenvalue weighted by atomic mass is 79.9. The van der Waals surface area contributed by atoms with Crippen molar-refractivity contribution in [1.29, 1.82) is 0 Å². The second-order valence-electron chi connectivity index (χ2n) is 4.46. The molecule has 1 aromatic heterocycles. The summed E-state index contributed by atoms with van der Waals surface area (Å²) in [6, 6.07) is 15.2. The summed E-state index contributed by atoms with van der Waals surface area (Å²) in [6.45, 7) is 0. The summed E-state index contributed by atoms with van der Waals surface area (Å²) >= 11 is 11.1. The molecule has 0 bridgehead atoms. The van der Waals surface area contributed by atoms with Crippen LogP contribution in [0.15, 0.2) is 53.0 Å². The van der Waals surface area contributed by atoms with Crippen LogP contribution in [0, 0.1) is 0 Å². The van der Waals surface area contributed by atoms with Gasteiger partial charge in [-0.2, -0.15) is 0 Å². The Morgan fingerprint density at radius 2 is 1.86 bits per heavy atom. The molecule has 2 N–H and O–H groups in total. The number of benzene rings is 2. The van der Waals surface area contributed by atoms with E-state index in [9.17, 15) is 0 Å². The van der Waals surface area contributed by atoms with Gasteiger partial charge in [-0.1, -0.05) is 69.2 Å². The summed E-state index contributed by atoms with van der Waals surface area (Å²) in [5, 5.41) is 10.6. The van der Waals surface area contributed by atoms with Crippen LogP contribution in [-0.2, 0) is 0 Å². The first-order chi connectivity index (χ1) is 10.1. The van der Waals surface area contributed by atoms with Crippen molar-refractivity contribution in [1.82, 2.24) is 10.2 Å². The van der Waals surface area contributed by atoms with Crippen LogP contribution in [0.4, 0.5) is 0 Å². The van der Waals surface area contributed by atoms with Crippen molar-refractivity contribution in [3.63, 3.8) is 0 Å². The Morgan fingerprint density at radius 3 is 2.62 bits per heavy atom. The third kappa shape index (κ3) is 3.16. The Balaban J connectivity index is 1.95. The van der Waals surface area contributed by atoms with Crippen LogP contribution >= 0.6 is 38.9 Å². The second kappa shape index (κ2) is 6.23. The molecule has 0 fully saturated rings. The van der Waals surface area contributed by atoms with E-state index < -0.39 is 0 Å². The molecule has 2 aromatic carbocycles. The molecule has 106 valence electrons. The summed E-state index contributed by atoms with van der Waals surface area (Å²) in [4.78, 5) is 0. The standard InChI is InChI=1S/C15H11BrClN3S/c16-10-6-7-12(17)11(8-10)14-19-20-15(21-14)13(18)9-4-2-1-3-5-9/h1-8,13H,18H2. The summed E-state index contributed by atoms with van der Waals surface area (Å²) in [7, 11) is 0. The Bertz CT molecular complexity index is 761. The normalized spacial score (nSPS) is 12.3. The number of rotatable bonds is 3. The van der Waals surface area contributed by atoms with Crippen molar-refractivity contribution in [3.05, 3.63) is 68.6 Å². The zero-order chi connectivity index (χ0) is 14.8. The van der Waals surface area contributed by atoms with Gasteiger partial charge in [-0.05, 0) is 23.8 Å². The van der Waals surface area contributed by atoms with Gasteiger partial charge in [0, 0.05) is 10.0 Å². The molecule has 0 radical (unpaired) electrons. The van der Waals surface area contributed by atoms with E-state index in [1.807, 2.05) is 48.5 Å². The number of hydrogen-bond donors (Lipinski definition) is 1. The predicted octanol–water partition coefficient (Wildman–Crippen LogP) is 4.67. The minimum absolute atomic E-state index is 0.275. The lowest BCUT2D eigenvalue weighted by Gasteiger charge is -2.07.